The second-order valence-corrected chi connectivity index (χ2v) is 5.85. The van der Waals surface area contributed by atoms with Gasteiger partial charge in [-0.25, -0.2) is 19.7 Å². The Bertz CT molecular complexity index is 688. The standard InChI is InChI=1S/C17H23N7O2/c1-26-15-4-3-14(13-21-15)22-17(25)20-7-8-23-9-11-24(12-10-23)16-18-5-2-6-19-16/h2-6,13H,7-12H2,1H3,(H2,20,22,25). The largest absolute Gasteiger partial charge is 0.481 e. The third kappa shape index (κ3) is 5.03. The van der Waals surface area contributed by atoms with Crippen molar-refractivity contribution >= 4 is 17.7 Å². The normalized spacial score (nSPS) is 14.7. The van der Waals surface area contributed by atoms with Crippen molar-refractivity contribution in [3.63, 3.8) is 0 Å². The number of hydrogen-bond donors (Lipinski definition) is 2. The molecular formula is C17H23N7O2. The molecule has 1 aliphatic heterocycles. The molecule has 0 aromatic carbocycles. The van der Waals surface area contributed by atoms with E-state index in [1.165, 1.54) is 0 Å². The quantitative estimate of drug-likeness (QED) is 0.790. The van der Waals surface area contributed by atoms with E-state index in [0.717, 1.165) is 38.7 Å². The van der Waals surface area contributed by atoms with Crippen molar-refractivity contribution in [2.24, 2.45) is 0 Å². The average Bonchev–Trinajstić information content (AvgIpc) is 2.70. The van der Waals surface area contributed by atoms with E-state index in [1.54, 1.807) is 37.8 Å². The van der Waals surface area contributed by atoms with Gasteiger partial charge in [-0.2, -0.15) is 0 Å². The molecule has 0 radical (unpaired) electrons. The molecule has 1 saturated heterocycles. The van der Waals surface area contributed by atoms with E-state index in [0.29, 0.717) is 18.1 Å². The van der Waals surface area contributed by atoms with Crippen LogP contribution in [0.4, 0.5) is 16.4 Å². The van der Waals surface area contributed by atoms with Crippen LogP contribution in [0.25, 0.3) is 0 Å². The number of aromatic nitrogens is 3. The van der Waals surface area contributed by atoms with E-state index >= 15 is 0 Å². The number of rotatable bonds is 6. The molecule has 0 unspecified atom stereocenters. The Morgan fingerprint density at radius 1 is 1.15 bits per heavy atom. The third-order valence-electron chi connectivity index (χ3n) is 4.12. The number of carbonyl (C=O) groups excluding carboxylic acids is 1. The van der Waals surface area contributed by atoms with Crippen molar-refractivity contribution in [3.8, 4) is 5.88 Å². The number of anilines is 2. The monoisotopic (exact) mass is 357 g/mol. The molecule has 2 N–H and O–H groups in total. The zero-order chi connectivity index (χ0) is 18.2. The highest BCUT2D eigenvalue weighted by molar-refractivity contribution is 5.88. The number of urea groups is 1. The van der Waals surface area contributed by atoms with Crippen molar-refractivity contribution in [3.05, 3.63) is 36.8 Å². The number of nitrogens with zero attached hydrogens (tertiary/aromatic N) is 5. The van der Waals surface area contributed by atoms with Gasteiger partial charge in [-0.05, 0) is 12.1 Å². The van der Waals surface area contributed by atoms with Gasteiger partial charge in [0.15, 0.2) is 0 Å². The molecule has 0 aliphatic carbocycles. The molecule has 2 amide bonds. The Hall–Kier alpha value is -2.94. The summed E-state index contributed by atoms with van der Waals surface area (Å²) in [6.07, 6.45) is 5.08. The summed E-state index contributed by atoms with van der Waals surface area (Å²) in [5.74, 6) is 1.29. The Labute approximate surface area is 152 Å². The Morgan fingerprint density at radius 3 is 2.58 bits per heavy atom. The maximum atomic E-state index is 11.9. The molecular weight excluding hydrogens is 334 g/mol. The van der Waals surface area contributed by atoms with Gasteiger partial charge in [0.25, 0.3) is 0 Å². The van der Waals surface area contributed by atoms with Crippen molar-refractivity contribution < 1.29 is 9.53 Å². The fourth-order valence-corrected chi connectivity index (χ4v) is 2.70. The number of piperazine rings is 1. The molecule has 2 aromatic heterocycles. The summed E-state index contributed by atoms with van der Waals surface area (Å²) < 4.78 is 4.99. The lowest BCUT2D eigenvalue weighted by molar-refractivity contribution is 0.240. The van der Waals surface area contributed by atoms with E-state index < -0.39 is 0 Å². The maximum Gasteiger partial charge on any atom is 0.319 e. The smallest absolute Gasteiger partial charge is 0.319 e. The van der Waals surface area contributed by atoms with Crippen LogP contribution in [-0.2, 0) is 0 Å². The van der Waals surface area contributed by atoms with Crippen LogP contribution in [0.1, 0.15) is 0 Å². The van der Waals surface area contributed by atoms with Crippen molar-refractivity contribution in [1.29, 1.82) is 0 Å². The van der Waals surface area contributed by atoms with Gasteiger partial charge in [0.2, 0.25) is 11.8 Å². The molecule has 0 bridgehead atoms. The molecule has 1 aliphatic rings. The topological polar surface area (TPSA) is 95.5 Å². The van der Waals surface area contributed by atoms with E-state index in [1.807, 2.05) is 6.07 Å². The predicted molar refractivity (Wildman–Crippen MR) is 98.5 cm³/mol. The molecule has 3 rings (SSSR count). The SMILES string of the molecule is COc1ccc(NC(=O)NCCN2CCN(c3ncccn3)CC2)cn1. The van der Waals surface area contributed by atoms with Crippen LogP contribution in [-0.4, -0.2) is 72.3 Å². The summed E-state index contributed by atoms with van der Waals surface area (Å²) in [7, 11) is 1.55. The van der Waals surface area contributed by atoms with Gasteiger partial charge in [-0.15, -0.1) is 0 Å². The van der Waals surface area contributed by atoms with Crippen LogP contribution in [0.3, 0.4) is 0 Å². The third-order valence-corrected chi connectivity index (χ3v) is 4.12. The number of amides is 2. The van der Waals surface area contributed by atoms with Crippen LogP contribution < -0.4 is 20.3 Å². The number of nitrogens with one attached hydrogen (secondary N) is 2. The fraction of sp³-hybridized carbons (Fsp3) is 0.412. The number of carbonyl (C=O) groups is 1. The average molecular weight is 357 g/mol. The Balaban J connectivity index is 1.34. The number of hydrogen-bond acceptors (Lipinski definition) is 7. The first kappa shape index (κ1) is 17.9. The second-order valence-electron chi connectivity index (χ2n) is 5.85. The van der Waals surface area contributed by atoms with E-state index in [-0.39, 0.29) is 6.03 Å². The van der Waals surface area contributed by atoms with Gasteiger partial charge in [-0.1, -0.05) is 0 Å². The molecule has 9 heteroatoms. The van der Waals surface area contributed by atoms with Crippen molar-refractivity contribution in [2.45, 2.75) is 0 Å². The molecule has 1 fully saturated rings. The minimum Gasteiger partial charge on any atom is -0.481 e. The van der Waals surface area contributed by atoms with Crippen molar-refractivity contribution in [2.75, 3.05) is 56.6 Å². The van der Waals surface area contributed by atoms with E-state index in [4.69, 9.17) is 4.74 Å². The van der Waals surface area contributed by atoms with Gasteiger partial charge in [0, 0.05) is 57.7 Å². The van der Waals surface area contributed by atoms with E-state index in [9.17, 15) is 4.79 Å². The lowest BCUT2D eigenvalue weighted by atomic mass is 10.3. The molecule has 9 nitrogen and oxygen atoms in total. The molecule has 26 heavy (non-hydrogen) atoms. The first-order valence-electron chi connectivity index (χ1n) is 8.54. The number of ether oxygens (including phenoxy) is 1. The highest BCUT2D eigenvalue weighted by Gasteiger charge is 2.18. The Morgan fingerprint density at radius 2 is 1.92 bits per heavy atom. The minimum absolute atomic E-state index is 0.242. The summed E-state index contributed by atoms with van der Waals surface area (Å²) in [5, 5.41) is 5.61. The summed E-state index contributed by atoms with van der Waals surface area (Å²) in [6.45, 7) is 4.99. The molecule has 138 valence electrons. The van der Waals surface area contributed by atoms with Crippen LogP contribution in [0.5, 0.6) is 5.88 Å². The number of pyridine rings is 1. The van der Waals surface area contributed by atoms with Crippen LogP contribution >= 0.6 is 0 Å². The second kappa shape index (κ2) is 8.95. The summed E-state index contributed by atoms with van der Waals surface area (Å²) in [5.41, 5.74) is 0.625. The molecule has 0 saturated carbocycles. The van der Waals surface area contributed by atoms with Gasteiger partial charge in [0.05, 0.1) is 19.0 Å². The highest BCUT2D eigenvalue weighted by atomic mass is 16.5. The van der Waals surface area contributed by atoms with Gasteiger partial charge in [-0.3, -0.25) is 4.90 Å². The zero-order valence-corrected chi connectivity index (χ0v) is 14.8. The number of methoxy groups -OCH3 is 1. The molecule has 3 heterocycles. The van der Waals surface area contributed by atoms with Crippen LogP contribution in [0.2, 0.25) is 0 Å². The van der Waals surface area contributed by atoms with Crippen LogP contribution in [0.15, 0.2) is 36.8 Å². The maximum absolute atomic E-state index is 11.9. The molecule has 0 spiro atoms. The molecule has 0 atom stereocenters. The first-order valence-corrected chi connectivity index (χ1v) is 8.54. The van der Waals surface area contributed by atoms with Crippen molar-refractivity contribution in [1.82, 2.24) is 25.2 Å². The fourth-order valence-electron chi connectivity index (χ4n) is 2.70. The predicted octanol–water partition coefficient (Wildman–Crippen LogP) is 0.824. The zero-order valence-electron chi connectivity index (χ0n) is 14.8. The highest BCUT2D eigenvalue weighted by Crippen LogP contribution is 2.11. The summed E-state index contributed by atoms with van der Waals surface area (Å²) in [6, 6.07) is 5.02. The van der Waals surface area contributed by atoms with Gasteiger partial charge >= 0.3 is 6.03 Å². The van der Waals surface area contributed by atoms with E-state index in [2.05, 4.69) is 35.4 Å². The summed E-state index contributed by atoms with van der Waals surface area (Å²) in [4.78, 5) is 29.0. The van der Waals surface area contributed by atoms with Gasteiger partial charge < -0.3 is 20.3 Å². The first-order chi connectivity index (χ1) is 12.7. The minimum atomic E-state index is -0.242. The Kier molecular flexibility index (Phi) is 6.15. The summed E-state index contributed by atoms with van der Waals surface area (Å²) >= 11 is 0. The van der Waals surface area contributed by atoms with Gasteiger partial charge in [0.1, 0.15) is 0 Å². The van der Waals surface area contributed by atoms with Crippen LogP contribution in [0, 0.1) is 0 Å². The lowest BCUT2D eigenvalue weighted by Crippen LogP contribution is -2.49. The lowest BCUT2D eigenvalue weighted by Gasteiger charge is -2.34. The molecule has 2 aromatic rings.